The van der Waals surface area contributed by atoms with Crippen LogP contribution in [-0.2, 0) is 0 Å². The lowest BCUT2D eigenvalue weighted by molar-refractivity contribution is 0.816. The molecule has 3 rings (SSSR count). The summed E-state index contributed by atoms with van der Waals surface area (Å²) < 4.78 is 1.56. The van der Waals surface area contributed by atoms with E-state index in [0.717, 1.165) is 17.0 Å². The van der Waals surface area contributed by atoms with Crippen LogP contribution in [0.15, 0.2) is 42.5 Å². The highest BCUT2D eigenvalue weighted by atomic mass is 35.5. The first-order valence-corrected chi connectivity index (χ1v) is 6.43. The van der Waals surface area contributed by atoms with E-state index >= 15 is 0 Å². The highest BCUT2D eigenvalue weighted by Crippen LogP contribution is 2.24. The summed E-state index contributed by atoms with van der Waals surface area (Å²) in [7, 11) is 0. The quantitative estimate of drug-likeness (QED) is 0.786. The summed E-state index contributed by atoms with van der Waals surface area (Å²) in [5.74, 6) is 1.08. The van der Waals surface area contributed by atoms with Crippen molar-refractivity contribution in [2.75, 3.05) is 5.73 Å². The number of nitrogens with two attached hydrogens (primary N) is 1. The number of halogens is 1. The average molecular weight is 286 g/mol. The van der Waals surface area contributed by atoms with E-state index in [1.54, 1.807) is 10.7 Å². The highest BCUT2D eigenvalue weighted by Gasteiger charge is 2.10. The van der Waals surface area contributed by atoms with Gasteiger partial charge in [-0.25, -0.2) is 0 Å². The van der Waals surface area contributed by atoms with Crippen LogP contribution >= 0.6 is 11.6 Å². The van der Waals surface area contributed by atoms with E-state index < -0.39 is 0 Å². The van der Waals surface area contributed by atoms with Crippen molar-refractivity contribution in [3.05, 3.63) is 53.2 Å². The summed E-state index contributed by atoms with van der Waals surface area (Å²) in [6, 6.07) is 12.9. The summed E-state index contributed by atoms with van der Waals surface area (Å²) in [4.78, 5) is 0. The van der Waals surface area contributed by atoms with Crippen LogP contribution in [0.2, 0.25) is 5.02 Å². The summed E-state index contributed by atoms with van der Waals surface area (Å²) >= 11 is 5.99. The minimum atomic E-state index is 0.498. The van der Waals surface area contributed by atoms with E-state index in [1.165, 1.54) is 0 Å². The molecule has 0 aliphatic carbocycles. The first-order valence-electron chi connectivity index (χ1n) is 6.06. The zero-order valence-electron chi connectivity index (χ0n) is 10.8. The number of rotatable bonds is 2. The second-order valence-corrected chi connectivity index (χ2v) is 4.85. The Kier molecular flexibility index (Phi) is 3.12. The minimum Gasteiger partial charge on any atom is -0.384 e. The lowest BCUT2D eigenvalue weighted by Crippen LogP contribution is -2.05. The summed E-state index contributed by atoms with van der Waals surface area (Å²) in [6.07, 6.45) is 0. The molecule has 0 saturated heterocycles. The van der Waals surface area contributed by atoms with Crippen molar-refractivity contribution in [2.45, 2.75) is 6.92 Å². The van der Waals surface area contributed by atoms with E-state index in [2.05, 4.69) is 15.3 Å². The standard InChI is InChI=1S/C14H12ClN5/c1-9-5-6-14(18-17-9)20-13(16)8-12(19-20)10-3-2-4-11(15)7-10/h2-8H,16H2,1H3. The van der Waals surface area contributed by atoms with E-state index in [4.69, 9.17) is 17.3 Å². The lowest BCUT2D eigenvalue weighted by Gasteiger charge is -2.01. The van der Waals surface area contributed by atoms with Crippen LogP contribution in [0.5, 0.6) is 0 Å². The van der Waals surface area contributed by atoms with Gasteiger partial charge in [-0.2, -0.15) is 14.9 Å². The summed E-state index contributed by atoms with van der Waals surface area (Å²) in [6.45, 7) is 1.88. The molecular weight excluding hydrogens is 274 g/mol. The van der Waals surface area contributed by atoms with Gasteiger partial charge in [0.2, 0.25) is 0 Å². The number of nitrogens with zero attached hydrogens (tertiary/aromatic N) is 4. The number of hydrogen-bond donors (Lipinski definition) is 1. The maximum absolute atomic E-state index is 5.99. The van der Waals surface area contributed by atoms with Crippen molar-refractivity contribution in [2.24, 2.45) is 0 Å². The lowest BCUT2D eigenvalue weighted by atomic mass is 10.1. The second-order valence-electron chi connectivity index (χ2n) is 4.41. The molecule has 2 N–H and O–H groups in total. The van der Waals surface area contributed by atoms with E-state index in [0.29, 0.717) is 16.7 Å². The van der Waals surface area contributed by atoms with Gasteiger partial charge in [0.05, 0.1) is 11.4 Å². The molecule has 2 aromatic heterocycles. The third-order valence-corrected chi connectivity index (χ3v) is 3.09. The molecule has 5 nitrogen and oxygen atoms in total. The molecule has 2 heterocycles. The molecule has 0 aliphatic heterocycles. The Hall–Kier alpha value is -2.40. The maximum Gasteiger partial charge on any atom is 0.178 e. The molecule has 0 radical (unpaired) electrons. The van der Waals surface area contributed by atoms with Gasteiger partial charge >= 0.3 is 0 Å². The van der Waals surface area contributed by atoms with Crippen LogP contribution in [0, 0.1) is 6.92 Å². The number of anilines is 1. The summed E-state index contributed by atoms with van der Waals surface area (Å²) in [5, 5.41) is 13.2. The predicted octanol–water partition coefficient (Wildman–Crippen LogP) is 2.87. The van der Waals surface area contributed by atoms with E-state index in [9.17, 15) is 0 Å². The molecule has 0 saturated carbocycles. The van der Waals surface area contributed by atoms with Gasteiger partial charge in [0.25, 0.3) is 0 Å². The molecular formula is C14H12ClN5. The molecule has 100 valence electrons. The Morgan fingerprint density at radius 1 is 1.10 bits per heavy atom. The van der Waals surface area contributed by atoms with Crippen molar-refractivity contribution < 1.29 is 0 Å². The Balaban J connectivity index is 2.05. The van der Waals surface area contributed by atoms with Crippen LogP contribution < -0.4 is 5.73 Å². The van der Waals surface area contributed by atoms with Gasteiger partial charge in [0.1, 0.15) is 5.82 Å². The first-order chi connectivity index (χ1) is 9.63. The second kappa shape index (κ2) is 4.94. The third-order valence-electron chi connectivity index (χ3n) is 2.86. The number of aromatic nitrogens is 4. The van der Waals surface area contributed by atoms with Crippen LogP contribution in [0.4, 0.5) is 5.82 Å². The normalized spacial score (nSPS) is 10.7. The van der Waals surface area contributed by atoms with Crippen LogP contribution in [0.3, 0.4) is 0 Å². The SMILES string of the molecule is Cc1ccc(-n2nc(-c3cccc(Cl)c3)cc2N)nn1. The number of nitrogen functional groups attached to an aromatic ring is 1. The molecule has 0 atom stereocenters. The largest absolute Gasteiger partial charge is 0.384 e. The molecule has 6 heteroatoms. The molecule has 0 aliphatic rings. The van der Waals surface area contributed by atoms with Gasteiger partial charge in [0, 0.05) is 16.7 Å². The smallest absolute Gasteiger partial charge is 0.178 e. The Morgan fingerprint density at radius 3 is 2.65 bits per heavy atom. The van der Waals surface area contributed by atoms with E-state index in [-0.39, 0.29) is 0 Å². The first kappa shape index (κ1) is 12.6. The fourth-order valence-corrected chi connectivity index (χ4v) is 2.06. The van der Waals surface area contributed by atoms with Crippen molar-refractivity contribution >= 4 is 17.4 Å². The third kappa shape index (κ3) is 2.35. The summed E-state index contributed by atoms with van der Waals surface area (Å²) in [5.41, 5.74) is 8.48. The highest BCUT2D eigenvalue weighted by molar-refractivity contribution is 6.30. The number of aryl methyl sites for hydroxylation is 1. The van der Waals surface area contributed by atoms with Gasteiger partial charge in [-0.3, -0.25) is 0 Å². The molecule has 0 fully saturated rings. The zero-order valence-corrected chi connectivity index (χ0v) is 11.5. The Morgan fingerprint density at radius 2 is 1.95 bits per heavy atom. The number of hydrogen-bond acceptors (Lipinski definition) is 4. The molecule has 0 amide bonds. The topological polar surface area (TPSA) is 69.6 Å². The molecule has 20 heavy (non-hydrogen) atoms. The van der Waals surface area contributed by atoms with Crippen molar-refractivity contribution in [1.82, 2.24) is 20.0 Å². The molecule has 3 aromatic rings. The Bertz CT molecular complexity index is 749. The average Bonchev–Trinajstić information content (AvgIpc) is 2.82. The van der Waals surface area contributed by atoms with Crippen LogP contribution in [-0.4, -0.2) is 20.0 Å². The predicted molar refractivity (Wildman–Crippen MR) is 78.7 cm³/mol. The van der Waals surface area contributed by atoms with Crippen molar-refractivity contribution in [3.63, 3.8) is 0 Å². The molecule has 0 spiro atoms. The Labute approximate surface area is 121 Å². The van der Waals surface area contributed by atoms with Gasteiger partial charge in [0.15, 0.2) is 5.82 Å². The van der Waals surface area contributed by atoms with Crippen molar-refractivity contribution in [1.29, 1.82) is 0 Å². The van der Waals surface area contributed by atoms with Crippen LogP contribution in [0.25, 0.3) is 17.1 Å². The van der Waals surface area contributed by atoms with E-state index in [1.807, 2.05) is 43.3 Å². The van der Waals surface area contributed by atoms with Gasteiger partial charge in [-0.1, -0.05) is 23.7 Å². The monoisotopic (exact) mass is 285 g/mol. The van der Waals surface area contributed by atoms with Gasteiger partial charge < -0.3 is 5.73 Å². The fraction of sp³-hybridized carbons (Fsp3) is 0.0714. The maximum atomic E-state index is 5.99. The molecule has 0 bridgehead atoms. The van der Waals surface area contributed by atoms with Crippen LogP contribution in [0.1, 0.15) is 5.69 Å². The van der Waals surface area contributed by atoms with Gasteiger partial charge in [-0.05, 0) is 31.2 Å². The minimum absolute atomic E-state index is 0.498. The van der Waals surface area contributed by atoms with Crippen molar-refractivity contribution in [3.8, 4) is 17.1 Å². The number of benzene rings is 1. The zero-order chi connectivity index (χ0) is 14.1. The molecule has 0 unspecified atom stereocenters. The fourth-order valence-electron chi connectivity index (χ4n) is 1.87. The van der Waals surface area contributed by atoms with Gasteiger partial charge in [-0.15, -0.1) is 5.10 Å². The molecule has 1 aromatic carbocycles.